The molecule has 1 unspecified atom stereocenters. The highest BCUT2D eigenvalue weighted by Crippen LogP contribution is 2.30. The van der Waals surface area contributed by atoms with E-state index in [-0.39, 0.29) is 23.7 Å². The molecule has 0 saturated heterocycles. The van der Waals surface area contributed by atoms with Crippen molar-refractivity contribution in [1.82, 2.24) is 19.8 Å². The van der Waals surface area contributed by atoms with E-state index in [1.807, 2.05) is 54.3 Å². The number of para-hydroxylation sites is 3. The number of carbonyl (C=O) groups excluding carboxylic acids is 1. The Morgan fingerprint density at radius 1 is 1.11 bits per heavy atom. The lowest BCUT2D eigenvalue weighted by Crippen LogP contribution is -2.48. The molecular formula is C29H38N4O3. The van der Waals surface area contributed by atoms with Gasteiger partial charge in [0.15, 0.2) is 0 Å². The minimum atomic E-state index is -0.373. The molecule has 1 aliphatic carbocycles. The van der Waals surface area contributed by atoms with Crippen LogP contribution in [0.15, 0.2) is 53.3 Å². The summed E-state index contributed by atoms with van der Waals surface area (Å²) in [6.45, 7) is 4.77. The van der Waals surface area contributed by atoms with Crippen LogP contribution in [0.4, 0.5) is 4.79 Å². The number of methoxy groups -OCH3 is 1. The maximum atomic E-state index is 13.9. The summed E-state index contributed by atoms with van der Waals surface area (Å²) >= 11 is 0. The van der Waals surface area contributed by atoms with E-state index < -0.39 is 0 Å². The van der Waals surface area contributed by atoms with Crippen LogP contribution in [0.1, 0.15) is 77.1 Å². The van der Waals surface area contributed by atoms with Crippen LogP contribution in [0.2, 0.25) is 0 Å². The number of hydrogen-bond acceptors (Lipinski definition) is 4. The van der Waals surface area contributed by atoms with Crippen LogP contribution in [0.5, 0.6) is 5.75 Å². The third kappa shape index (κ3) is 5.40. The Labute approximate surface area is 213 Å². The van der Waals surface area contributed by atoms with Gasteiger partial charge in [-0.05, 0) is 49.9 Å². The summed E-state index contributed by atoms with van der Waals surface area (Å²) in [7, 11) is 1.60. The smallest absolute Gasteiger partial charge is 0.318 e. The molecule has 0 bridgehead atoms. The van der Waals surface area contributed by atoms with Crippen molar-refractivity contribution in [2.45, 2.75) is 77.3 Å². The second kappa shape index (κ2) is 12.1. The molecule has 0 spiro atoms. The number of rotatable bonds is 9. The van der Waals surface area contributed by atoms with Crippen LogP contribution >= 0.6 is 0 Å². The quantitative estimate of drug-likeness (QED) is 0.400. The number of urea groups is 1. The Hall–Kier alpha value is -3.35. The molecule has 1 N–H and O–H groups in total. The third-order valence-corrected chi connectivity index (χ3v) is 7.13. The lowest BCUT2D eigenvalue weighted by Gasteiger charge is -2.34. The number of nitrogens with one attached hydrogen (secondary N) is 1. The summed E-state index contributed by atoms with van der Waals surface area (Å²) in [6.07, 6.45) is 8.04. The first kappa shape index (κ1) is 25.7. The van der Waals surface area contributed by atoms with Crippen molar-refractivity contribution in [3.8, 4) is 11.4 Å². The second-order valence-corrected chi connectivity index (χ2v) is 9.55. The van der Waals surface area contributed by atoms with E-state index in [4.69, 9.17) is 9.72 Å². The van der Waals surface area contributed by atoms with Crippen LogP contribution in [-0.4, -0.2) is 40.2 Å². The molecule has 2 amide bonds. The van der Waals surface area contributed by atoms with Gasteiger partial charge in [-0.2, -0.15) is 0 Å². The van der Waals surface area contributed by atoms with Gasteiger partial charge >= 0.3 is 6.03 Å². The Balaban J connectivity index is 1.86. The zero-order chi connectivity index (χ0) is 25.5. The standard InChI is InChI=1S/C29H38N4O3/c1-4-6-20-32(29(35)30-21-14-8-7-9-15-21)24(5-2)27-31-23-17-11-10-16-22(23)28(34)33(27)25-18-12-13-19-26(25)36-3/h10-13,16-19,21,24H,4-9,14-15,20H2,1-3H3,(H,30,35). The molecule has 1 fully saturated rings. The van der Waals surface area contributed by atoms with Crippen molar-refractivity contribution in [3.05, 3.63) is 64.7 Å². The molecule has 192 valence electrons. The number of hydrogen-bond donors (Lipinski definition) is 1. The summed E-state index contributed by atoms with van der Waals surface area (Å²) in [4.78, 5) is 34.5. The molecule has 7 heteroatoms. The molecule has 3 aromatic rings. The third-order valence-electron chi connectivity index (χ3n) is 7.13. The molecule has 2 aromatic carbocycles. The second-order valence-electron chi connectivity index (χ2n) is 9.55. The van der Waals surface area contributed by atoms with Gasteiger partial charge < -0.3 is 15.0 Å². The van der Waals surface area contributed by atoms with E-state index in [2.05, 4.69) is 12.2 Å². The molecule has 1 heterocycles. The number of carbonyl (C=O) groups is 1. The van der Waals surface area contributed by atoms with E-state index in [0.717, 1.165) is 38.5 Å². The molecular weight excluding hydrogens is 452 g/mol. The molecule has 1 saturated carbocycles. The zero-order valence-electron chi connectivity index (χ0n) is 21.7. The van der Waals surface area contributed by atoms with Crippen LogP contribution in [0.3, 0.4) is 0 Å². The maximum absolute atomic E-state index is 13.9. The highest BCUT2D eigenvalue weighted by molar-refractivity contribution is 5.79. The normalized spacial score (nSPS) is 15.0. The minimum absolute atomic E-state index is 0.0730. The number of nitrogens with zero attached hydrogens (tertiary/aromatic N) is 3. The molecule has 0 aliphatic heterocycles. The lowest BCUT2D eigenvalue weighted by atomic mass is 9.95. The number of unbranched alkanes of at least 4 members (excludes halogenated alkanes) is 1. The summed E-state index contributed by atoms with van der Waals surface area (Å²) in [5.41, 5.74) is 1.09. The van der Waals surface area contributed by atoms with Gasteiger partial charge in [0, 0.05) is 12.6 Å². The maximum Gasteiger partial charge on any atom is 0.318 e. The fourth-order valence-corrected chi connectivity index (χ4v) is 5.19. The minimum Gasteiger partial charge on any atom is -0.495 e. The first-order valence-corrected chi connectivity index (χ1v) is 13.3. The van der Waals surface area contributed by atoms with Gasteiger partial charge in [0.25, 0.3) is 5.56 Å². The lowest BCUT2D eigenvalue weighted by molar-refractivity contribution is 0.160. The van der Waals surface area contributed by atoms with E-state index in [9.17, 15) is 9.59 Å². The van der Waals surface area contributed by atoms with Gasteiger partial charge in [0.05, 0.1) is 29.7 Å². The van der Waals surface area contributed by atoms with Gasteiger partial charge in [0.2, 0.25) is 0 Å². The van der Waals surface area contributed by atoms with Crippen LogP contribution in [0, 0.1) is 0 Å². The van der Waals surface area contributed by atoms with Crippen molar-refractivity contribution in [2.24, 2.45) is 0 Å². The number of benzene rings is 2. The molecule has 0 radical (unpaired) electrons. The zero-order valence-corrected chi connectivity index (χ0v) is 21.7. The number of aromatic nitrogens is 2. The Kier molecular flexibility index (Phi) is 8.62. The van der Waals surface area contributed by atoms with Crippen molar-refractivity contribution < 1.29 is 9.53 Å². The van der Waals surface area contributed by atoms with E-state index in [1.165, 1.54) is 6.42 Å². The van der Waals surface area contributed by atoms with Gasteiger partial charge in [-0.1, -0.05) is 63.8 Å². The van der Waals surface area contributed by atoms with Crippen molar-refractivity contribution >= 4 is 16.9 Å². The molecule has 1 atom stereocenters. The predicted molar refractivity (Wildman–Crippen MR) is 144 cm³/mol. The molecule has 7 nitrogen and oxygen atoms in total. The highest BCUT2D eigenvalue weighted by atomic mass is 16.5. The summed E-state index contributed by atoms with van der Waals surface area (Å²) in [6, 6.07) is 14.6. The summed E-state index contributed by atoms with van der Waals surface area (Å²) in [5.74, 6) is 1.14. The summed E-state index contributed by atoms with van der Waals surface area (Å²) in [5, 5.41) is 3.83. The number of fused-ring (bicyclic) bond motifs is 1. The largest absolute Gasteiger partial charge is 0.495 e. The highest BCUT2D eigenvalue weighted by Gasteiger charge is 2.30. The Morgan fingerprint density at radius 2 is 1.83 bits per heavy atom. The average molecular weight is 491 g/mol. The fourth-order valence-electron chi connectivity index (χ4n) is 5.19. The monoisotopic (exact) mass is 490 g/mol. The fraction of sp³-hybridized carbons (Fsp3) is 0.483. The van der Waals surface area contributed by atoms with Crippen LogP contribution < -0.4 is 15.6 Å². The van der Waals surface area contributed by atoms with E-state index in [0.29, 0.717) is 41.1 Å². The van der Waals surface area contributed by atoms with E-state index in [1.54, 1.807) is 17.7 Å². The van der Waals surface area contributed by atoms with E-state index >= 15 is 0 Å². The van der Waals surface area contributed by atoms with Crippen molar-refractivity contribution in [1.29, 1.82) is 0 Å². The molecule has 1 aliphatic rings. The molecule has 1 aromatic heterocycles. The molecule has 36 heavy (non-hydrogen) atoms. The molecule has 4 rings (SSSR count). The Morgan fingerprint density at radius 3 is 2.56 bits per heavy atom. The predicted octanol–water partition coefficient (Wildman–Crippen LogP) is 5.99. The SMILES string of the molecule is CCCCN(C(=O)NC1CCCCC1)C(CC)c1nc2ccccc2c(=O)n1-c1ccccc1OC. The van der Waals surface area contributed by atoms with Gasteiger partial charge in [0.1, 0.15) is 11.6 Å². The first-order valence-electron chi connectivity index (χ1n) is 13.3. The summed E-state index contributed by atoms with van der Waals surface area (Å²) < 4.78 is 7.27. The average Bonchev–Trinajstić information content (AvgIpc) is 2.91. The first-order chi connectivity index (χ1) is 17.6. The topological polar surface area (TPSA) is 76.5 Å². The van der Waals surface area contributed by atoms with Gasteiger partial charge in [-0.15, -0.1) is 0 Å². The van der Waals surface area contributed by atoms with Gasteiger partial charge in [-0.3, -0.25) is 9.36 Å². The van der Waals surface area contributed by atoms with Crippen molar-refractivity contribution in [3.63, 3.8) is 0 Å². The van der Waals surface area contributed by atoms with Crippen LogP contribution in [-0.2, 0) is 0 Å². The Bertz CT molecular complexity index is 1230. The number of ether oxygens (including phenoxy) is 1. The van der Waals surface area contributed by atoms with Crippen LogP contribution in [0.25, 0.3) is 16.6 Å². The number of amides is 2. The van der Waals surface area contributed by atoms with Crippen molar-refractivity contribution in [2.75, 3.05) is 13.7 Å². The van der Waals surface area contributed by atoms with Gasteiger partial charge in [-0.25, -0.2) is 9.78 Å².